The molecule has 96 valence electrons. The highest BCUT2D eigenvalue weighted by atomic mass is 32.1. The first-order chi connectivity index (χ1) is 8.80. The second kappa shape index (κ2) is 5.89. The van der Waals surface area contributed by atoms with Crippen LogP contribution in [0.4, 0.5) is 0 Å². The average molecular weight is 263 g/mol. The van der Waals surface area contributed by atoms with E-state index in [1.807, 2.05) is 6.07 Å². The lowest BCUT2D eigenvalue weighted by molar-refractivity contribution is 0.356. The van der Waals surface area contributed by atoms with Crippen LogP contribution in [0, 0.1) is 0 Å². The van der Waals surface area contributed by atoms with Crippen molar-refractivity contribution in [2.75, 3.05) is 20.8 Å². The Labute approximate surface area is 111 Å². The molecule has 0 radical (unpaired) electrons. The van der Waals surface area contributed by atoms with Crippen molar-refractivity contribution in [3.63, 3.8) is 0 Å². The van der Waals surface area contributed by atoms with Gasteiger partial charge in [0, 0.05) is 5.56 Å². The predicted octanol–water partition coefficient (Wildman–Crippen LogP) is 2.93. The van der Waals surface area contributed by atoms with Gasteiger partial charge in [-0.2, -0.15) is 11.3 Å². The van der Waals surface area contributed by atoms with Crippen molar-refractivity contribution in [1.82, 2.24) is 0 Å². The second-order valence-corrected chi connectivity index (χ2v) is 4.71. The lowest BCUT2D eigenvalue weighted by Crippen LogP contribution is -2.04. The maximum absolute atomic E-state index is 5.62. The Morgan fingerprint density at radius 2 is 2.06 bits per heavy atom. The fourth-order valence-electron chi connectivity index (χ4n) is 1.96. The number of rotatable bonds is 5. The van der Waals surface area contributed by atoms with E-state index in [9.17, 15) is 0 Å². The molecule has 1 heterocycles. The van der Waals surface area contributed by atoms with Gasteiger partial charge in [0.05, 0.1) is 14.2 Å². The van der Waals surface area contributed by atoms with E-state index in [-0.39, 0.29) is 0 Å². The van der Waals surface area contributed by atoms with E-state index in [1.54, 1.807) is 25.6 Å². The summed E-state index contributed by atoms with van der Waals surface area (Å²) in [4.78, 5) is 0. The van der Waals surface area contributed by atoms with E-state index < -0.39 is 0 Å². The zero-order chi connectivity index (χ0) is 13.0. The molecule has 3 nitrogen and oxygen atoms in total. The quantitative estimate of drug-likeness (QED) is 0.902. The average Bonchev–Trinajstić information content (AvgIpc) is 2.91. The van der Waals surface area contributed by atoms with Gasteiger partial charge in [-0.3, -0.25) is 0 Å². The molecule has 2 rings (SSSR count). The van der Waals surface area contributed by atoms with Gasteiger partial charge in [-0.15, -0.1) is 0 Å². The van der Waals surface area contributed by atoms with Crippen LogP contribution in [0.2, 0.25) is 0 Å². The highest BCUT2D eigenvalue weighted by molar-refractivity contribution is 7.08. The summed E-state index contributed by atoms with van der Waals surface area (Å²) in [7, 11) is 3.32. The van der Waals surface area contributed by atoms with Crippen molar-refractivity contribution < 1.29 is 9.47 Å². The molecule has 0 unspecified atom stereocenters. The summed E-state index contributed by atoms with van der Waals surface area (Å²) in [6.07, 6.45) is 0.831. The maximum atomic E-state index is 5.62. The number of hydrogen-bond donors (Lipinski definition) is 1. The first kappa shape index (κ1) is 12.9. The first-order valence-electron chi connectivity index (χ1n) is 5.77. The van der Waals surface area contributed by atoms with Crippen LogP contribution < -0.4 is 15.2 Å². The smallest absolute Gasteiger partial charge is 0.168 e. The number of benzene rings is 1. The largest absolute Gasteiger partial charge is 0.493 e. The molecule has 0 aliphatic carbocycles. The van der Waals surface area contributed by atoms with Gasteiger partial charge in [-0.25, -0.2) is 0 Å². The molecule has 0 amide bonds. The van der Waals surface area contributed by atoms with Crippen LogP contribution in [0.15, 0.2) is 29.0 Å². The van der Waals surface area contributed by atoms with Gasteiger partial charge in [0.15, 0.2) is 11.5 Å². The fourth-order valence-corrected chi connectivity index (χ4v) is 2.62. The monoisotopic (exact) mass is 263 g/mol. The van der Waals surface area contributed by atoms with Crippen LogP contribution in [0.3, 0.4) is 0 Å². The third-order valence-electron chi connectivity index (χ3n) is 2.80. The van der Waals surface area contributed by atoms with Crippen LogP contribution >= 0.6 is 11.3 Å². The topological polar surface area (TPSA) is 44.5 Å². The Morgan fingerprint density at radius 3 is 2.61 bits per heavy atom. The number of methoxy groups -OCH3 is 2. The van der Waals surface area contributed by atoms with Gasteiger partial charge in [0.1, 0.15) is 0 Å². The van der Waals surface area contributed by atoms with Crippen LogP contribution in [-0.4, -0.2) is 20.8 Å². The molecule has 0 atom stereocenters. The molecule has 0 spiro atoms. The van der Waals surface area contributed by atoms with E-state index in [4.69, 9.17) is 15.2 Å². The Kier molecular flexibility index (Phi) is 4.23. The van der Waals surface area contributed by atoms with Crippen LogP contribution in [-0.2, 0) is 6.42 Å². The van der Waals surface area contributed by atoms with E-state index in [0.29, 0.717) is 6.54 Å². The highest BCUT2D eigenvalue weighted by Gasteiger charge is 2.14. The normalized spacial score (nSPS) is 10.4. The predicted molar refractivity (Wildman–Crippen MR) is 75.6 cm³/mol. The Bertz CT molecular complexity index is 509. The summed E-state index contributed by atoms with van der Waals surface area (Å²) < 4.78 is 10.9. The number of hydrogen-bond acceptors (Lipinski definition) is 4. The minimum atomic E-state index is 0.624. The summed E-state index contributed by atoms with van der Waals surface area (Å²) in [6, 6.07) is 6.19. The van der Waals surface area contributed by atoms with Gasteiger partial charge >= 0.3 is 0 Å². The zero-order valence-electron chi connectivity index (χ0n) is 10.6. The maximum Gasteiger partial charge on any atom is 0.168 e. The summed E-state index contributed by atoms with van der Waals surface area (Å²) in [5.41, 5.74) is 8.99. The molecular formula is C14H17NO2S. The van der Waals surface area contributed by atoms with Crippen LogP contribution in [0.1, 0.15) is 5.56 Å². The molecule has 0 saturated heterocycles. The Hall–Kier alpha value is -1.52. The van der Waals surface area contributed by atoms with Crippen LogP contribution in [0.5, 0.6) is 11.5 Å². The molecule has 1 aromatic heterocycles. The molecule has 0 bridgehead atoms. The molecule has 0 saturated carbocycles. The summed E-state index contributed by atoms with van der Waals surface area (Å²) in [6.45, 7) is 0.624. The van der Waals surface area contributed by atoms with Crippen molar-refractivity contribution in [3.05, 3.63) is 34.5 Å². The standard InChI is InChI=1S/C14H17NO2S/c1-16-13-8-10(3-5-15)7-12(14(13)17-2)11-4-6-18-9-11/h4,6-9H,3,5,15H2,1-2H3. The Balaban J connectivity index is 2.57. The molecule has 0 fully saturated rings. The van der Waals surface area contributed by atoms with Gasteiger partial charge < -0.3 is 15.2 Å². The summed E-state index contributed by atoms with van der Waals surface area (Å²) in [5.74, 6) is 1.53. The number of ether oxygens (including phenoxy) is 2. The van der Waals surface area contributed by atoms with Crippen molar-refractivity contribution in [1.29, 1.82) is 0 Å². The molecule has 18 heavy (non-hydrogen) atoms. The van der Waals surface area contributed by atoms with Crippen molar-refractivity contribution in [3.8, 4) is 22.6 Å². The molecule has 2 N–H and O–H groups in total. The summed E-state index contributed by atoms with van der Waals surface area (Å²) in [5, 5.41) is 4.15. The van der Waals surface area contributed by atoms with Gasteiger partial charge in [0.25, 0.3) is 0 Å². The lowest BCUT2D eigenvalue weighted by atomic mass is 10.0. The van der Waals surface area contributed by atoms with E-state index in [1.165, 1.54) is 0 Å². The van der Waals surface area contributed by atoms with Gasteiger partial charge in [-0.1, -0.05) is 0 Å². The first-order valence-corrected chi connectivity index (χ1v) is 6.72. The zero-order valence-corrected chi connectivity index (χ0v) is 11.4. The Morgan fingerprint density at radius 1 is 1.22 bits per heavy atom. The molecule has 2 aromatic rings. The van der Waals surface area contributed by atoms with Crippen molar-refractivity contribution >= 4 is 11.3 Å². The number of thiophene rings is 1. The van der Waals surface area contributed by atoms with E-state index in [2.05, 4.69) is 22.9 Å². The lowest BCUT2D eigenvalue weighted by Gasteiger charge is -2.14. The minimum Gasteiger partial charge on any atom is -0.493 e. The number of nitrogens with two attached hydrogens (primary N) is 1. The van der Waals surface area contributed by atoms with Crippen LogP contribution in [0.25, 0.3) is 11.1 Å². The minimum absolute atomic E-state index is 0.624. The molecule has 0 aliphatic rings. The third-order valence-corrected chi connectivity index (χ3v) is 3.49. The SMILES string of the molecule is COc1cc(CCN)cc(-c2ccsc2)c1OC. The van der Waals surface area contributed by atoms with E-state index >= 15 is 0 Å². The molecule has 0 aliphatic heterocycles. The third kappa shape index (κ3) is 2.49. The molecular weight excluding hydrogens is 246 g/mol. The van der Waals surface area contributed by atoms with Crippen molar-refractivity contribution in [2.45, 2.75) is 6.42 Å². The van der Waals surface area contributed by atoms with Gasteiger partial charge in [-0.05, 0) is 53.1 Å². The summed E-state index contributed by atoms with van der Waals surface area (Å²) >= 11 is 1.67. The van der Waals surface area contributed by atoms with Crippen molar-refractivity contribution in [2.24, 2.45) is 5.73 Å². The molecule has 1 aromatic carbocycles. The second-order valence-electron chi connectivity index (χ2n) is 3.93. The highest BCUT2D eigenvalue weighted by Crippen LogP contribution is 2.40. The fraction of sp³-hybridized carbons (Fsp3) is 0.286. The van der Waals surface area contributed by atoms with Gasteiger partial charge in [0.2, 0.25) is 0 Å². The molecule has 4 heteroatoms. The van der Waals surface area contributed by atoms with E-state index in [0.717, 1.165) is 34.6 Å².